The minimum atomic E-state index is -3.44. The van der Waals surface area contributed by atoms with E-state index < -0.39 is 29.7 Å². The van der Waals surface area contributed by atoms with Crippen LogP contribution < -0.4 is 10.1 Å². The number of hydrogen-bond acceptors (Lipinski definition) is 6. The fourth-order valence-corrected chi connectivity index (χ4v) is 3.33. The van der Waals surface area contributed by atoms with Gasteiger partial charge in [0.2, 0.25) is 5.88 Å². The number of carbonyl (C=O) groups excluding carboxylic acids is 1. The molecule has 1 aromatic carbocycles. The van der Waals surface area contributed by atoms with Gasteiger partial charge >= 0.3 is 11.9 Å². The Balaban J connectivity index is 1.88. The van der Waals surface area contributed by atoms with Gasteiger partial charge in [0.25, 0.3) is 0 Å². The van der Waals surface area contributed by atoms with Crippen molar-refractivity contribution in [3.8, 4) is 5.88 Å². The second-order valence-electron chi connectivity index (χ2n) is 7.76. The van der Waals surface area contributed by atoms with Gasteiger partial charge in [0.15, 0.2) is 5.69 Å². The first-order valence-electron chi connectivity index (χ1n) is 9.68. The Hall–Kier alpha value is -2.32. The number of benzene rings is 1. The molecule has 0 radical (unpaired) electrons. The molecule has 0 unspecified atom stereocenters. The maximum absolute atomic E-state index is 14.5. The SMILES string of the molecule is C=CC(F)(F)c1nc2ccc(Cl)cc2nc1O[C@H]1CN[C@H](C(=O)OCC(C)C)[C@@H]1C. The van der Waals surface area contributed by atoms with Crippen LogP contribution in [-0.4, -0.2) is 41.2 Å². The molecule has 30 heavy (non-hydrogen) atoms. The smallest absolute Gasteiger partial charge is 0.323 e. The normalized spacial score (nSPS) is 21.8. The average molecular weight is 440 g/mol. The van der Waals surface area contributed by atoms with Gasteiger partial charge in [0, 0.05) is 17.5 Å². The zero-order chi connectivity index (χ0) is 22.1. The van der Waals surface area contributed by atoms with Crippen molar-refractivity contribution >= 4 is 28.6 Å². The lowest BCUT2D eigenvalue weighted by Gasteiger charge is -2.22. The quantitative estimate of drug-likeness (QED) is 0.517. The largest absolute Gasteiger partial charge is 0.471 e. The molecule has 1 aliphatic heterocycles. The molecule has 1 saturated heterocycles. The molecule has 6 nitrogen and oxygen atoms in total. The van der Waals surface area contributed by atoms with Gasteiger partial charge in [-0.05, 0) is 30.2 Å². The van der Waals surface area contributed by atoms with E-state index in [-0.39, 0.29) is 29.8 Å². The van der Waals surface area contributed by atoms with Crippen molar-refractivity contribution in [2.24, 2.45) is 11.8 Å². The van der Waals surface area contributed by atoms with Gasteiger partial charge in [0.1, 0.15) is 12.1 Å². The molecule has 2 heterocycles. The number of halogens is 3. The Morgan fingerprint density at radius 1 is 1.40 bits per heavy atom. The number of fused-ring (bicyclic) bond motifs is 1. The summed E-state index contributed by atoms with van der Waals surface area (Å²) in [4.78, 5) is 20.6. The first-order valence-corrected chi connectivity index (χ1v) is 10.1. The summed E-state index contributed by atoms with van der Waals surface area (Å²) in [6.45, 7) is 9.45. The van der Waals surface area contributed by atoms with Crippen LogP contribution in [0.15, 0.2) is 30.9 Å². The van der Waals surface area contributed by atoms with Gasteiger partial charge < -0.3 is 14.8 Å². The maximum atomic E-state index is 14.5. The van der Waals surface area contributed by atoms with E-state index in [4.69, 9.17) is 21.1 Å². The highest BCUT2D eigenvalue weighted by Crippen LogP contribution is 2.36. The van der Waals surface area contributed by atoms with E-state index in [1.807, 2.05) is 13.8 Å². The van der Waals surface area contributed by atoms with Crippen LogP contribution in [0.4, 0.5) is 8.78 Å². The maximum Gasteiger partial charge on any atom is 0.323 e. The molecule has 162 valence electrons. The summed E-state index contributed by atoms with van der Waals surface area (Å²) < 4.78 is 40.1. The standard InChI is InChI=1S/C21H24ClF2N3O3/c1-5-21(23,24)18-19(27-15-8-13(22)6-7-14(15)26-18)30-16-9-25-17(12(16)4)20(28)29-10-11(2)3/h5-8,11-12,16-17,25H,1,9-10H2,2-4H3/t12-,16+,17+/m1/s1. The number of esters is 1. The molecule has 0 aliphatic carbocycles. The van der Waals surface area contributed by atoms with Crippen LogP contribution in [0.5, 0.6) is 5.88 Å². The third-order valence-electron chi connectivity index (χ3n) is 4.89. The summed E-state index contributed by atoms with van der Waals surface area (Å²) in [5.41, 5.74) is -0.0472. The summed E-state index contributed by atoms with van der Waals surface area (Å²) in [5, 5.41) is 3.44. The first-order chi connectivity index (χ1) is 14.1. The number of carbonyl (C=O) groups is 1. The Kier molecular flexibility index (Phi) is 6.57. The Bertz CT molecular complexity index is 954. The van der Waals surface area contributed by atoms with Crippen LogP contribution in [0, 0.1) is 11.8 Å². The summed E-state index contributed by atoms with van der Waals surface area (Å²) in [5.74, 6) is -4.27. The summed E-state index contributed by atoms with van der Waals surface area (Å²) in [7, 11) is 0. The lowest BCUT2D eigenvalue weighted by atomic mass is 10.0. The van der Waals surface area contributed by atoms with Crippen molar-refractivity contribution in [1.82, 2.24) is 15.3 Å². The van der Waals surface area contributed by atoms with Crippen molar-refractivity contribution in [2.45, 2.75) is 38.8 Å². The lowest BCUT2D eigenvalue weighted by molar-refractivity contribution is -0.148. The minimum absolute atomic E-state index is 0.209. The number of allylic oxidation sites excluding steroid dienone is 1. The van der Waals surface area contributed by atoms with Gasteiger partial charge in [-0.15, -0.1) is 0 Å². The summed E-state index contributed by atoms with van der Waals surface area (Å²) in [6, 6.07) is 3.98. The molecule has 3 atom stereocenters. The molecule has 2 aromatic rings. The first kappa shape index (κ1) is 22.4. The van der Waals surface area contributed by atoms with Crippen LogP contribution in [0.1, 0.15) is 26.5 Å². The molecule has 0 bridgehead atoms. The molecule has 1 fully saturated rings. The summed E-state index contributed by atoms with van der Waals surface area (Å²) in [6.07, 6.45) is -0.0829. The van der Waals surface area contributed by atoms with E-state index in [0.29, 0.717) is 23.2 Å². The van der Waals surface area contributed by atoms with Gasteiger partial charge in [0.05, 0.1) is 17.6 Å². The van der Waals surface area contributed by atoms with E-state index in [0.717, 1.165) is 0 Å². The van der Waals surface area contributed by atoms with Crippen molar-refractivity contribution < 1.29 is 23.0 Å². The van der Waals surface area contributed by atoms with Crippen LogP contribution in [0.3, 0.4) is 0 Å². The third-order valence-corrected chi connectivity index (χ3v) is 5.13. The summed E-state index contributed by atoms with van der Waals surface area (Å²) >= 11 is 5.99. The molecule has 0 amide bonds. The highest BCUT2D eigenvalue weighted by Gasteiger charge is 2.42. The zero-order valence-electron chi connectivity index (χ0n) is 17.0. The topological polar surface area (TPSA) is 73.3 Å². The Labute approximate surface area is 178 Å². The van der Waals surface area contributed by atoms with Crippen molar-refractivity contribution in [3.05, 3.63) is 41.6 Å². The van der Waals surface area contributed by atoms with Crippen LogP contribution in [-0.2, 0) is 15.5 Å². The fourth-order valence-electron chi connectivity index (χ4n) is 3.17. The highest BCUT2D eigenvalue weighted by molar-refractivity contribution is 6.31. The number of aromatic nitrogens is 2. The van der Waals surface area contributed by atoms with Crippen molar-refractivity contribution in [3.63, 3.8) is 0 Å². The fraction of sp³-hybridized carbons (Fsp3) is 0.476. The number of alkyl halides is 2. The predicted octanol–water partition coefficient (Wildman–Crippen LogP) is 4.12. The minimum Gasteiger partial charge on any atom is -0.471 e. The molecule has 0 saturated carbocycles. The molecular formula is C21H24ClF2N3O3. The highest BCUT2D eigenvalue weighted by atomic mass is 35.5. The molecule has 3 rings (SSSR count). The predicted molar refractivity (Wildman–Crippen MR) is 110 cm³/mol. The van der Waals surface area contributed by atoms with Gasteiger partial charge in [-0.2, -0.15) is 8.78 Å². The number of nitrogens with one attached hydrogen (secondary N) is 1. The van der Waals surface area contributed by atoms with Crippen LogP contribution in [0.2, 0.25) is 5.02 Å². The van der Waals surface area contributed by atoms with Crippen molar-refractivity contribution in [1.29, 1.82) is 0 Å². The van der Waals surface area contributed by atoms with E-state index in [2.05, 4.69) is 21.9 Å². The van der Waals surface area contributed by atoms with Crippen LogP contribution in [0.25, 0.3) is 11.0 Å². The monoisotopic (exact) mass is 439 g/mol. The molecule has 1 N–H and O–H groups in total. The molecule has 0 spiro atoms. The Morgan fingerprint density at radius 2 is 2.13 bits per heavy atom. The van der Waals surface area contributed by atoms with E-state index in [1.54, 1.807) is 13.0 Å². The van der Waals surface area contributed by atoms with Gasteiger partial charge in [-0.3, -0.25) is 4.79 Å². The lowest BCUT2D eigenvalue weighted by Crippen LogP contribution is -2.37. The number of ether oxygens (including phenoxy) is 2. The number of rotatable bonds is 7. The second-order valence-corrected chi connectivity index (χ2v) is 8.20. The average Bonchev–Trinajstić information content (AvgIpc) is 3.05. The van der Waals surface area contributed by atoms with E-state index >= 15 is 0 Å². The second kappa shape index (κ2) is 8.81. The number of nitrogens with zero attached hydrogens (tertiary/aromatic N) is 2. The molecule has 9 heteroatoms. The van der Waals surface area contributed by atoms with Gasteiger partial charge in [-0.25, -0.2) is 9.97 Å². The Morgan fingerprint density at radius 3 is 2.80 bits per heavy atom. The van der Waals surface area contributed by atoms with Crippen molar-refractivity contribution in [2.75, 3.05) is 13.2 Å². The van der Waals surface area contributed by atoms with E-state index in [1.165, 1.54) is 12.1 Å². The number of hydrogen-bond donors (Lipinski definition) is 1. The third kappa shape index (κ3) is 4.70. The van der Waals surface area contributed by atoms with Gasteiger partial charge in [-0.1, -0.05) is 39.0 Å². The molecule has 1 aliphatic rings. The van der Waals surface area contributed by atoms with E-state index in [9.17, 15) is 13.6 Å². The molecule has 1 aromatic heterocycles. The zero-order valence-corrected chi connectivity index (χ0v) is 17.7. The van der Waals surface area contributed by atoms with Crippen LogP contribution >= 0.6 is 11.6 Å². The molecular weight excluding hydrogens is 416 g/mol.